The van der Waals surface area contributed by atoms with Crippen LogP contribution in [-0.2, 0) is 11.8 Å². The Morgan fingerprint density at radius 1 is 1.17 bits per heavy atom. The Hall–Kier alpha value is -1.14. The number of benzene rings is 1. The molecule has 0 radical (unpaired) electrons. The monoisotopic (exact) mass is 263 g/mol. The minimum atomic E-state index is -4.71. The highest BCUT2D eigenvalue weighted by Crippen LogP contribution is 2.35. The van der Waals surface area contributed by atoms with Crippen molar-refractivity contribution in [1.29, 1.82) is 0 Å². The molecule has 0 amide bonds. The maximum Gasteiger partial charge on any atom is 0.419 e. The van der Waals surface area contributed by atoms with Crippen LogP contribution in [0.5, 0.6) is 0 Å². The van der Waals surface area contributed by atoms with E-state index in [9.17, 15) is 22.7 Å². The molecule has 0 saturated carbocycles. The summed E-state index contributed by atoms with van der Waals surface area (Å²) in [7, 11) is 0. The zero-order chi connectivity index (χ0) is 13.4. The Bertz CT molecular complexity index is 438. The van der Waals surface area contributed by atoms with Crippen LogP contribution in [0.15, 0.2) is 18.2 Å². The summed E-state index contributed by atoms with van der Waals surface area (Å²) >= 11 is 0. The van der Waals surface area contributed by atoms with E-state index in [2.05, 4.69) is 5.32 Å². The molecule has 1 aliphatic rings. The number of nitrogens with one attached hydrogen (secondary N) is 1. The quantitative estimate of drug-likeness (QED) is 0.763. The van der Waals surface area contributed by atoms with Gasteiger partial charge in [0.15, 0.2) is 0 Å². The second-order valence-corrected chi connectivity index (χ2v) is 4.47. The first-order valence-corrected chi connectivity index (χ1v) is 5.63. The number of rotatable bonds is 1. The fraction of sp³-hybridized carbons (Fsp3) is 0.500. The molecule has 0 bridgehead atoms. The van der Waals surface area contributed by atoms with Crippen LogP contribution in [0.3, 0.4) is 0 Å². The van der Waals surface area contributed by atoms with Crippen LogP contribution in [0.25, 0.3) is 0 Å². The van der Waals surface area contributed by atoms with Crippen molar-refractivity contribution < 1.29 is 22.7 Å². The Labute approximate surface area is 102 Å². The van der Waals surface area contributed by atoms with Crippen LogP contribution < -0.4 is 5.32 Å². The third kappa shape index (κ3) is 2.49. The average molecular weight is 263 g/mol. The van der Waals surface area contributed by atoms with Crippen molar-refractivity contribution in [2.24, 2.45) is 0 Å². The highest BCUT2D eigenvalue weighted by molar-refractivity contribution is 5.30. The molecule has 100 valence electrons. The van der Waals surface area contributed by atoms with Crippen LogP contribution in [0.4, 0.5) is 17.6 Å². The molecule has 1 fully saturated rings. The van der Waals surface area contributed by atoms with Gasteiger partial charge < -0.3 is 10.4 Å². The second-order valence-electron chi connectivity index (χ2n) is 4.47. The Kier molecular flexibility index (Phi) is 3.33. The van der Waals surface area contributed by atoms with Crippen molar-refractivity contribution in [3.8, 4) is 0 Å². The number of hydrogen-bond donors (Lipinski definition) is 2. The van der Waals surface area contributed by atoms with E-state index in [1.54, 1.807) is 0 Å². The Balaban J connectivity index is 2.34. The summed E-state index contributed by atoms with van der Waals surface area (Å²) in [6.07, 6.45) is -3.99. The lowest BCUT2D eigenvalue weighted by molar-refractivity contribution is -0.140. The van der Waals surface area contributed by atoms with E-state index in [1.807, 2.05) is 0 Å². The zero-order valence-corrected chi connectivity index (χ0v) is 9.52. The van der Waals surface area contributed by atoms with Crippen molar-refractivity contribution in [3.63, 3.8) is 0 Å². The lowest BCUT2D eigenvalue weighted by atomic mass is 9.84. The molecule has 1 saturated heterocycles. The molecule has 2 rings (SSSR count). The van der Waals surface area contributed by atoms with Crippen LogP contribution in [0.1, 0.15) is 24.0 Å². The average Bonchev–Trinajstić information content (AvgIpc) is 2.28. The first-order chi connectivity index (χ1) is 8.33. The van der Waals surface area contributed by atoms with Gasteiger partial charge in [-0.15, -0.1) is 0 Å². The van der Waals surface area contributed by atoms with Crippen molar-refractivity contribution in [2.75, 3.05) is 13.1 Å². The normalized spacial score (nSPS) is 19.8. The first-order valence-electron chi connectivity index (χ1n) is 5.63. The zero-order valence-electron chi connectivity index (χ0n) is 9.52. The van der Waals surface area contributed by atoms with Crippen molar-refractivity contribution >= 4 is 0 Å². The lowest BCUT2D eigenvalue weighted by Crippen LogP contribution is -2.39. The maximum absolute atomic E-state index is 13.4. The van der Waals surface area contributed by atoms with Gasteiger partial charge >= 0.3 is 6.18 Å². The predicted octanol–water partition coefficient (Wildman–Crippen LogP) is 2.42. The summed E-state index contributed by atoms with van der Waals surface area (Å²) in [5.41, 5.74) is -2.34. The molecule has 1 heterocycles. The summed E-state index contributed by atoms with van der Waals surface area (Å²) in [5, 5.41) is 13.3. The molecule has 18 heavy (non-hydrogen) atoms. The van der Waals surface area contributed by atoms with E-state index in [4.69, 9.17) is 0 Å². The molecule has 0 unspecified atom stereocenters. The fourth-order valence-electron chi connectivity index (χ4n) is 2.16. The van der Waals surface area contributed by atoms with Gasteiger partial charge in [-0.05, 0) is 43.6 Å². The van der Waals surface area contributed by atoms with Crippen LogP contribution in [0.2, 0.25) is 0 Å². The molecule has 2 nitrogen and oxygen atoms in total. The smallest absolute Gasteiger partial charge is 0.385 e. The largest absolute Gasteiger partial charge is 0.419 e. The second kappa shape index (κ2) is 4.51. The highest BCUT2D eigenvalue weighted by Gasteiger charge is 2.36. The van der Waals surface area contributed by atoms with Gasteiger partial charge in [-0.2, -0.15) is 13.2 Å². The molecule has 0 aliphatic carbocycles. The van der Waals surface area contributed by atoms with Crippen molar-refractivity contribution in [2.45, 2.75) is 24.6 Å². The van der Waals surface area contributed by atoms with E-state index in [0.29, 0.717) is 32.0 Å². The van der Waals surface area contributed by atoms with Gasteiger partial charge in [0.25, 0.3) is 0 Å². The van der Waals surface area contributed by atoms with E-state index in [0.717, 1.165) is 12.1 Å². The SMILES string of the molecule is OC1(c2ccc(C(F)(F)F)c(F)c2)CCNCC1. The highest BCUT2D eigenvalue weighted by atomic mass is 19.4. The summed E-state index contributed by atoms with van der Waals surface area (Å²) < 4.78 is 50.6. The topological polar surface area (TPSA) is 32.3 Å². The van der Waals surface area contributed by atoms with Gasteiger partial charge in [-0.25, -0.2) is 4.39 Å². The molecule has 1 aromatic rings. The molecular weight excluding hydrogens is 250 g/mol. The third-order valence-electron chi connectivity index (χ3n) is 3.24. The molecular formula is C12H13F4NO. The van der Waals surface area contributed by atoms with Gasteiger partial charge in [0.2, 0.25) is 0 Å². The van der Waals surface area contributed by atoms with Gasteiger partial charge in [-0.1, -0.05) is 6.07 Å². The number of piperidine rings is 1. The third-order valence-corrected chi connectivity index (χ3v) is 3.24. The van der Waals surface area contributed by atoms with E-state index in [-0.39, 0.29) is 5.56 Å². The molecule has 0 aromatic heterocycles. The van der Waals surface area contributed by atoms with E-state index in [1.165, 1.54) is 0 Å². The number of aliphatic hydroxyl groups is 1. The van der Waals surface area contributed by atoms with E-state index >= 15 is 0 Å². The predicted molar refractivity (Wildman–Crippen MR) is 57.4 cm³/mol. The molecule has 0 spiro atoms. The fourth-order valence-corrected chi connectivity index (χ4v) is 2.16. The minimum Gasteiger partial charge on any atom is -0.385 e. The Morgan fingerprint density at radius 3 is 2.28 bits per heavy atom. The van der Waals surface area contributed by atoms with Gasteiger partial charge in [-0.3, -0.25) is 0 Å². The summed E-state index contributed by atoms with van der Waals surface area (Å²) in [6.45, 7) is 1.11. The molecule has 1 aliphatic heterocycles. The molecule has 6 heteroatoms. The lowest BCUT2D eigenvalue weighted by Gasteiger charge is -2.33. The first kappa shape index (κ1) is 13.3. The number of halogens is 4. The molecule has 1 aromatic carbocycles. The van der Waals surface area contributed by atoms with Crippen molar-refractivity contribution in [3.05, 3.63) is 35.1 Å². The summed E-state index contributed by atoms with van der Waals surface area (Å²) in [5.74, 6) is -1.34. The number of alkyl halides is 3. The van der Waals surface area contributed by atoms with Crippen LogP contribution >= 0.6 is 0 Å². The van der Waals surface area contributed by atoms with Gasteiger partial charge in [0, 0.05) is 0 Å². The van der Waals surface area contributed by atoms with Crippen LogP contribution in [-0.4, -0.2) is 18.2 Å². The summed E-state index contributed by atoms with van der Waals surface area (Å²) in [4.78, 5) is 0. The minimum absolute atomic E-state index is 0.203. The maximum atomic E-state index is 13.4. The number of hydrogen-bond acceptors (Lipinski definition) is 2. The van der Waals surface area contributed by atoms with Gasteiger partial charge in [0.05, 0.1) is 11.2 Å². The van der Waals surface area contributed by atoms with Crippen LogP contribution in [0, 0.1) is 5.82 Å². The molecule has 0 atom stereocenters. The van der Waals surface area contributed by atoms with Crippen molar-refractivity contribution in [1.82, 2.24) is 5.32 Å². The van der Waals surface area contributed by atoms with E-state index < -0.39 is 23.2 Å². The summed E-state index contributed by atoms with van der Waals surface area (Å²) in [6, 6.07) is 2.62. The standard InChI is InChI=1S/C12H13F4NO/c13-10-7-8(1-2-9(10)12(14,15)16)11(18)3-5-17-6-4-11/h1-2,7,17-18H,3-6H2. The molecule has 2 N–H and O–H groups in total. The van der Waals surface area contributed by atoms with Gasteiger partial charge in [0.1, 0.15) is 5.82 Å². The Morgan fingerprint density at radius 2 is 1.78 bits per heavy atom.